The van der Waals surface area contributed by atoms with Crippen LogP contribution in [-0.4, -0.2) is 30.4 Å². The Kier molecular flexibility index (Phi) is 5.01. The molecule has 136 valence electrons. The van der Waals surface area contributed by atoms with Gasteiger partial charge in [-0.25, -0.2) is 0 Å². The van der Waals surface area contributed by atoms with Crippen molar-refractivity contribution in [2.75, 3.05) is 13.6 Å². The number of fused-ring (bicyclic) bond motifs is 2. The number of hydrogen-bond acceptors (Lipinski definition) is 2. The van der Waals surface area contributed by atoms with Crippen LogP contribution in [0.15, 0.2) is 42.5 Å². The summed E-state index contributed by atoms with van der Waals surface area (Å²) in [6.45, 7) is 1.56. The molecule has 1 aliphatic heterocycles. The van der Waals surface area contributed by atoms with Gasteiger partial charge in [-0.2, -0.15) is 0 Å². The van der Waals surface area contributed by atoms with Gasteiger partial charge in [-0.1, -0.05) is 48.0 Å². The zero-order chi connectivity index (χ0) is 18.1. The second-order valence-corrected chi connectivity index (χ2v) is 8.01. The molecular weight excluding hydrogens is 344 g/mol. The molecule has 1 heterocycles. The number of aryl methyl sites for hydroxylation is 1. The van der Waals surface area contributed by atoms with E-state index in [2.05, 4.69) is 47.6 Å². The summed E-state index contributed by atoms with van der Waals surface area (Å²) in [5.74, 6) is 0.285. The van der Waals surface area contributed by atoms with Gasteiger partial charge in [-0.05, 0) is 61.1 Å². The third-order valence-corrected chi connectivity index (χ3v) is 6.28. The van der Waals surface area contributed by atoms with Crippen LogP contribution in [0.5, 0.6) is 0 Å². The predicted octanol–water partition coefficient (Wildman–Crippen LogP) is 3.62. The van der Waals surface area contributed by atoms with Crippen LogP contribution < -0.4 is 5.32 Å². The van der Waals surface area contributed by atoms with Crippen molar-refractivity contribution in [3.05, 3.63) is 69.7 Å². The number of nitrogens with one attached hydrogen (secondary N) is 1. The standard InChI is InChI=1S/C22H25ClN2O/c1-25-14-18-7-4-8-21(23)20(18)12-19(25)13-24-22(26)17-10-9-15-5-2-3-6-16(15)11-17/h2-8,17,19H,9-14H2,1H3,(H,24,26)/t17?,19-/m1/s1. The van der Waals surface area contributed by atoms with Gasteiger partial charge in [0.1, 0.15) is 0 Å². The number of rotatable bonds is 3. The Morgan fingerprint density at radius 3 is 2.73 bits per heavy atom. The highest BCUT2D eigenvalue weighted by molar-refractivity contribution is 6.31. The van der Waals surface area contributed by atoms with Gasteiger partial charge in [0, 0.05) is 30.1 Å². The summed E-state index contributed by atoms with van der Waals surface area (Å²) in [7, 11) is 2.12. The number of carbonyl (C=O) groups excluding carboxylic acids is 1. The molecule has 0 radical (unpaired) electrons. The minimum atomic E-state index is 0.0923. The van der Waals surface area contributed by atoms with Crippen LogP contribution in [0.25, 0.3) is 0 Å². The lowest BCUT2D eigenvalue weighted by atomic mass is 9.83. The van der Waals surface area contributed by atoms with Crippen LogP contribution in [0.4, 0.5) is 0 Å². The molecule has 1 unspecified atom stereocenters. The van der Waals surface area contributed by atoms with E-state index in [9.17, 15) is 4.79 Å². The Balaban J connectivity index is 1.37. The van der Waals surface area contributed by atoms with Crippen molar-refractivity contribution in [1.29, 1.82) is 0 Å². The summed E-state index contributed by atoms with van der Waals surface area (Å²) < 4.78 is 0. The van der Waals surface area contributed by atoms with Gasteiger partial charge in [0.2, 0.25) is 5.91 Å². The first-order valence-corrected chi connectivity index (χ1v) is 9.80. The molecule has 0 aromatic heterocycles. The third-order valence-electron chi connectivity index (χ3n) is 5.93. The molecule has 4 heteroatoms. The van der Waals surface area contributed by atoms with E-state index in [4.69, 9.17) is 11.6 Å². The molecule has 2 aromatic carbocycles. The second kappa shape index (κ2) is 7.42. The zero-order valence-electron chi connectivity index (χ0n) is 15.2. The Labute approximate surface area is 160 Å². The number of amides is 1. The molecule has 0 fully saturated rings. The summed E-state index contributed by atoms with van der Waals surface area (Å²) >= 11 is 6.38. The summed E-state index contributed by atoms with van der Waals surface area (Å²) in [5, 5.41) is 4.05. The minimum Gasteiger partial charge on any atom is -0.354 e. The van der Waals surface area contributed by atoms with Crippen LogP contribution in [-0.2, 0) is 30.6 Å². The summed E-state index contributed by atoms with van der Waals surface area (Å²) in [4.78, 5) is 15.0. The highest BCUT2D eigenvalue weighted by Crippen LogP contribution is 2.29. The maximum Gasteiger partial charge on any atom is 0.223 e. The first-order chi connectivity index (χ1) is 12.6. The molecule has 0 saturated carbocycles. The molecule has 1 amide bonds. The van der Waals surface area contributed by atoms with E-state index in [-0.39, 0.29) is 11.8 Å². The Bertz CT molecular complexity index is 820. The Hall–Kier alpha value is -1.84. The van der Waals surface area contributed by atoms with E-state index >= 15 is 0 Å². The summed E-state index contributed by atoms with van der Waals surface area (Å²) in [6.07, 6.45) is 3.69. The molecule has 4 rings (SSSR count). The molecule has 0 bridgehead atoms. The first kappa shape index (κ1) is 17.6. The van der Waals surface area contributed by atoms with Gasteiger partial charge < -0.3 is 5.32 Å². The number of halogens is 1. The number of hydrogen-bond donors (Lipinski definition) is 1. The van der Waals surface area contributed by atoms with Gasteiger partial charge >= 0.3 is 0 Å². The van der Waals surface area contributed by atoms with Crippen LogP contribution in [0.1, 0.15) is 28.7 Å². The van der Waals surface area contributed by atoms with Crippen molar-refractivity contribution in [2.45, 2.75) is 38.3 Å². The molecule has 0 spiro atoms. The predicted molar refractivity (Wildman–Crippen MR) is 105 cm³/mol. The number of nitrogens with zero attached hydrogens (tertiary/aromatic N) is 1. The third kappa shape index (κ3) is 3.51. The van der Waals surface area contributed by atoms with Crippen molar-refractivity contribution in [3.63, 3.8) is 0 Å². The maximum absolute atomic E-state index is 12.7. The topological polar surface area (TPSA) is 32.3 Å². The maximum atomic E-state index is 12.7. The van der Waals surface area contributed by atoms with E-state index in [0.29, 0.717) is 12.6 Å². The summed E-state index contributed by atoms with van der Waals surface area (Å²) in [5.41, 5.74) is 5.26. The Morgan fingerprint density at radius 2 is 1.88 bits per heavy atom. The SMILES string of the molecule is CN1Cc2cccc(Cl)c2C[C@@H]1CNC(=O)C1CCc2ccccc2C1. The van der Waals surface area contributed by atoms with Crippen LogP contribution in [0.3, 0.4) is 0 Å². The monoisotopic (exact) mass is 368 g/mol. The van der Waals surface area contributed by atoms with Gasteiger partial charge in [0.25, 0.3) is 0 Å². The second-order valence-electron chi connectivity index (χ2n) is 7.60. The first-order valence-electron chi connectivity index (χ1n) is 9.43. The zero-order valence-corrected chi connectivity index (χ0v) is 15.9. The summed E-state index contributed by atoms with van der Waals surface area (Å²) in [6, 6.07) is 14.9. The van der Waals surface area contributed by atoms with Gasteiger partial charge in [0.15, 0.2) is 0 Å². The average Bonchev–Trinajstić information content (AvgIpc) is 2.66. The molecule has 1 N–H and O–H groups in total. The molecular formula is C22H25ClN2O. The van der Waals surface area contributed by atoms with Crippen molar-refractivity contribution < 1.29 is 4.79 Å². The van der Waals surface area contributed by atoms with E-state index < -0.39 is 0 Å². The van der Waals surface area contributed by atoms with Gasteiger partial charge in [0.05, 0.1) is 0 Å². The fraction of sp³-hybridized carbons (Fsp3) is 0.409. The van der Waals surface area contributed by atoms with Crippen LogP contribution >= 0.6 is 11.6 Å². The molecule has 2 aliphatic rings. The van der Waals surface area contributed by atoms with E-state index in [0.717, 1.165) is 37.3 Å². The molecule has 2 aromatic rings. The number of benzene rings is 2. The lowest BCUT2D eigenvalue weighted by Crippen LogP contribution is -2.47. The largest absolute Gasteiger partial charge is 0.354 e. The Morgan fingerprint density at radius 1 is 1.12 bits per heavy atom. The van der Waals surface area contributed by atoms with Crippen molar-refractivity contribution in [3.8, 4) is 0 Å². The van der Waals surface area contributed by atoms with Gasteiger partial charge in [-0.15, -0.1) is 0 Å². The van der Waals surface area contributed by atoms with Crippen LogP contribution in [0, 0.1) is 5.92 Å². The van der Waals surface area contributed by atoms with Crippen molar-refractivity contribution in [1.82, 2.24) is 10.2 Å². The number of carbonyl (C=O) groups is 1. The highest BCUT2D eigenvalue weighted by Gasteiger charge is 2.28. The van der Waals surface area contributed by atoms with E-state index in [1.807, 2.05) is 12.1 Å². The fourth-order valence-electron chi connectivity index (χ4n) is 4.28. The highest BCUT2D eigenvalue weighted by atomic mass is 35.5. The minimum absolute atomic E-state index is 0.0923. The molecule has 0 saturated heterocycles. The van der Waals surface area contributed by atoms with Crippen molar-refractivity contribution >= 4 is 17.5 Å². The normalized spacial score (nSPS) is 22.4. The molecule has 3 nitrogen and oxygen atoms in total. The molecule has 26 heavy (non-hydrogen) atoms. The molecule has 1 aliphatic carbocycles. The van der Waals surface area contributed by atoms with E-state index in [1.165, 1.54) is 22.3 Å². The quantitative estimate of drug-likeness (QED) is 0.897. The lowest BCUT2D eigenvalue weighted by molar-refractivity contribution is -0.125. The van der Waals surface area contributed by atoms with Crippen LogP contribution in [0.2, 0.25) is 5.02 Å². The van der Waals surface area contributed by atoms with Gasteiger partial charge in [-0.3, -0.25) is 9.69 Å². The average molecular weight is 369 g/mol. The smallest absolute Gasteiger partial charge is 0.223 e. The van der Waals surface area contributed by atoms with Crippen molar-refractivity contribution in [2.24, 2.45) is 5.92 Å². The van der Waals surface area contributed by atoms with E-state index in [1.54, 1.807) is 0 Å². The lowest BCUT2D eigenvalue weighted by Gasteiger charge is -2.35. The molecule has 2 atom stereocenters. The fourth-order valence-corrected chi connectivity index (χ4v) is 4.55. The number of likely N-dealkylation sites (N-methyl/N-ethyl adjacent to an activating group) is 1.